The number of aryl methyl sites for hydroxylation is 1. The Morgan fingerprint density at radius 2 is 2.11 bits per heavy atom. The standard InChI is InChI=1S/C16H20N2S/c1-12-10-13-6-3-4-7-14(13)18-15(12)17-11-16(19-2)8-5-9-16/h3-4,6-7,10H,5,8-9,11H2,1-2H3,(H,17,18). The molecule has 1 aliphatic carbocycles. The normalized spacial score (nSPS) is 17.2. The first-order valence-corrected chi connectivity index (χ1v) is 8.10. The number of anilines is 1. The first kappa shape index (κ1) is 12.8. The number of nitrogens with one attached hydrogen (secondary N) is 1. The predicted molar refractivity (Wildman–Crippen MR) is 85.1 cm³/mol. The van der Waals surface area contributed by atoms with Crippen LogP contribution in [0.25, 0.3) is 10.9 Å². The minimum absolute atomic E-state index is 0.444. The molecule has 19 heavy (non-hydrogen) atoms. The molecule has 100 valence electrons. The van der Waals surface area contributed by atoms with Crippen molar-refractivity contribution in [1.82, 2.24) is 4.98 Å². The molecule has 0 spiro atoms. The molecule has 1 heterocycles. The van der Waals surface area contributed by atoms with Gasteiger partial charge in [-0.2, -0.15) is 11.8 Å². The van der Waals surface area contributed by atoms with Crippen molar-refractivity contribution in [2.24, 2.45) is 0 Å². The van der Waals surface area contributed by atoms with E-state index in [2.05, 4.69) is 42.8 Å². The third-order valence-electron chi connectivity index (χ3n) is 4.19. The van der Waals surface area contributed by atoms with Crippen molar-refractivity contribution in [2.75, 3.05) is 18.1 Å². The van der Waals surface area contributed by atoms with E-state index in [1.165, 1.54) is 30.2 Å². The van der Waals surface area contributed by atoms with Gasteiger partial charge in [-0.25, -0.2) is 4.98 Å². The monoisotopic (exact) mass is 272 g/mol. The molecular formula is C16H20N2S. The van der Waals surface area contributed by atoms with Gasteiger partial charge in [-0.1, -0.05) is 24.6 Å². The summed E-state index contributed by atoms with van der Waals surface area (Å²) in [6, 6.07) is 10.5. The van der Waals surface area contributed by atoms with Gasteiger partial charge in [-0.05, 0) is 43.7 Å². The number of para-hydroxylation sites is 1. The van der Waals surface area contributed by atoms with Gasteiger partial charge in [-0.15, -0.1) is 0 Å². The van der Waals surface area contributed by atoms with Gasteiger partial charge in [0.15, 0.2) is 0 Å². The summed E-state index contributed by atoms with van der Waals surface area (Å²) in [4.78, 5) is 4.75. The lowest BCUT2D eigenvalue weighted by Crippen LogP contribution is -2.40. The SMILES string of the molecule is CSC1(CNc2nc3ccccc3cc2C)CCC1. The molecule has 1 saturated carbocycles. The fourth-order valence-corrected chi connectivity index (χ4v) is 3.58. The van der Waals surface area contributed by atoms with Crippen LogP contribution in [0.2, 0.25) is 0 Å². The second-order valence-corrected chi connectivity index (χ2v) is 6.72. The molecule has 0 saturated heterocycles. The largest absolute Gasteiger partial charge is 0.368 e. The zero-order valence-corrected chi connectivity index (χ0v) is 12.4. The Bertz CT molecular complexity index is 585. The molecule has 3 heteroatoms. The number of aromatic nitrogens is 1. The number of fused-ring (bicyclic) bond motifs is 1. The number of hydrogen-bond donors (Lipinski definition) is 1. The molecule has 0 atom stereocenters. The molecule has 0 aliphatic heterocycles. The molecule has 1 aromatic heterocycles. The highest BCUT2D eigenvalue weighted by Crippen LogP contribution is 2.42. The molecule has 1 fully saturated rings. The quantitative estimate of drug-likeness (QED) is 0.901. The molecule has 0 amide bonds. The van der Waals surface area contributed by atoms with Gasteiger partial charge >= 0.3 is 0 Å². The molecule has 1 aromatic carbocycles. The summed E-state index contributed by atoms with van der Waals surface area (Å²) in [5.41, 5.74) is 2.30. The third kappa shape index (κ3) is 2.44. The molecule has 0 radical (unpaired) electrons. The van der Waals surface area contributed by atoms with E-state index >= 15 is 0 Å². The summed E-state index contributed by atoms with van der Waals surface area (Å²) in [5.74, 6) is 1.04. The third-order valence-corrected chi connectivity index (χ3v) is 5.61. The number of hydrogen-bond acceptors (Lipinski definition) is 3. The van der Waals surface area contributed by atoms with Gasteiger partial charge in [0, 0.05) is 16.7 Å². The van der Waals surface area contributed by atoms with Crippen LogP contribution < -0.4 is 5.32 Å². The van der Waals surface area contributed by atoms with Crippen molar-refractivity contribution in [2.45, 2.75) is 30.9 Å². The Morgan fingerprint density at radius 3 is 2.79 bits per heavy atom. The highest BCUT2D eigenvalue weighted by Gasteiger charge is 2.35. The van der Waals surface area contributed by atoms with Crippen LogP contribution in [-0.2, 0) is 0 Å². The summed E-state index contributed by atoms with van der Waals surface area (Å²) in [6.45, 7) is 3.16. The van der Waals surface area contributed by atoms with E-state index in [-0.39, 0.29) is 0 Å². The number of pyridine rings is 1. The molecule has 0 unspecified atom stereocenters. The Kier molecular flexibility index (Phi) is 3.40. The Balaban J connectivity index is 1.82. The smallest absolute Gasteiger partial charge is 0.129 e. The minimum Gasteiger partial charge on any atom is -0.368 e. The van der Waals surface area contributed by atoms with Crippen molar-refractivity contribution in [3.63, 3.8) is 0 Å². The maximum atomic E-state index is 4.75. The number of thioether (sulfide) groups is 1. The van der Waals surface area contributed by atoms with Crippen LogP contribution in [0.5, 0.6) is 0 Å². The van der Waals surface area contributed by atoms with E-state index in [0.717, 1.165) is 17.9 Å². The van der Waals surface area contributed by atoms with Crippen LogP contribution >= 0.6 is 11.8 Å². The molecule has 0 bridgehead atoms. The van der Waals surface area contributed by atoms with E-state index in [1.54, 1.807) is 0 Å². The average molecular weight is 272 g/mol. The van der Waals surface area contributed by atoms with Crippen LogP contribution in [0.1, 0.15) is 24.8 Å². The maximum absolute atomic E-state index is 4.75. The molecule has 1 aliphatic rings. The van der Waals surface area contributed by atoms with Crippen LogP contribution in [-0.4, -0.2) is 22.5 Å². The molecule has 2 nitrogen and oxygen atoms in total. The highest BCUT2D eigenvalue weighted by atomic mass is 32.2. The van der Waals surface area contributed by atoms with Gasteiger partial charge in [-0.3, -0.25) is 0 Å². The van der Waals surface area contributed by atoms with E-state index in [1.807, 2.05) is 17.8 Å². The van der Waals surface area contributed by atoms with Gasteiger partial charge in [0.2, 0.25) is 0 Å². The van der Waals surface area contributed by atoms with Crippen molar-refractivity contribution in [3.05, 3.63) is 35.9 Å². The predicted octanol–water partition coefficient (Wildman–Crippen LogP) is 4.24. The van der Waals surface area contributed by atoms with Crippen LogP contribution in [0.15, 0.2) is 30.3 Å². The van der Waals surface area contributed by atoms with Gasteiger partial charge in [0.25, 0.3) is 0 Å². The van der Waals surface area contributed by atoms with E-state index < -0.39 is 0 Å². The summed E-state index contributed by atoms with van der Waals surface area (Å²) >= 11 is 2.00. The number of nitrogens with zero attached hydrogens (tertiary/aromatic N) is 1. The Labute approximate surface area is 119 Å². The zero-order chi connectivity index (χ0) is 13.3. The molecule has 3 rings (SSSR count). The minimum atomic E-state index is 0.444. The molecule has 2 aromatic rings. The van der Waals surface area contributed by atoms with E-state index in [0.29, 0.717) is 4.75 Å². The second-order valence-electron chi connectivity index (χ2n) is 5.44. The maximum Gasteiger partial charge on any atom is 0.129 e. The van der Waals surface area contributed by atoms with Crippen molar-refractivity contribution in [3.8, 4) is 0 Å². The summed E-state index contributed by atoms with van der Waals surface area (Å²) in [6.07, 6.45) is 6.25. The number of benzene rings is 1. The zero-order valence-electron chi connectivity index (χ0n) is 11.6. The van der Waals surface area contributed by atoms with Gasteiger partial charge < -0.3 is 5.32 Å². The summed E-state index contributed by atoms with van der Waals surface area (Å²) in [5, 5.41) is 4.78. The highest BCUT2D eigenvalue weighted by molar-refractivity contribution is 8.00. The van der Waals surface area contributed by atoms with E-state index in [9.17, 15) is 0 Å². The van der Waals surface area contributed by atoms with E-state index in [4.69, 9.17) is 4.98 Å². The lowest BCUT2D eigenvalue weighted by molar-refractivity contribution is 0.379. The fourth-order valence-electron chi connectivity index (χ4n) is 2.67. The summed E-state index contributed by atoms with van der Waals surface area (Å²) < 4.78 is 0.444. The number of rotatable bonds is 4. The van der Waals surface area contributed by atoms with Crippen LogP contribution in [0.3, 0.4) is 0 Å². The first-order chi connectivity index (χ1) is 9.22. The van der Waals surface area contributed by atoms with Crippen LogP contribution in [0, 0.1) is 6.92 Å². The summed E-state index contributed by atoms with van der Waals surface area (Å²) in [7, 11) is 0. The Hall–Kier alpha value is -1.22. The second kappa shape index (κ2) is 5.04. The topological polar surface area (TPSA) is 24.9 Å². The van der Waals surface area contributed by atoms with Crippen molar-refractivity contribution in [1.29, 1.82) is 0 Å². The van der Waals surface area contributed by atoms with Crippen molar-refractivity contribution < 1.29 is 0 Å². The van der Waals surface area contributed by atoms with Gasteiger partial charge in [0.1, 0.15) is 5.82 Å². The first-order valence-electron chi connectivity index (χ1n) is 6.88. The Morgan fingerprint density at radius 1 is 1.32 bits per heavy atom. The van der Waals surface area contributed by atoms with Crippen molar-refractivity contribution >= 4 is 28.5 Å². The molecule has 1 N–H and O–H groups in total. The van der Waals surface area contributed by atoms with Crippen LogP contribution in [0.4, 0.5) is 5.82 Å². The average Bonchev–Trinajstić information content (AvgIpc) is 2.38. The lowest BCUT2D eigenvalue weighted by Gasteiger charge is -2.40. The fraction of sp³-hybridized carbons (Fsp3) is 0.438. The lowest BCUT2D eigenvalue weighted by atomic mass is 9.84. The van der Waals surface area contributed by atoms with Gasteiger partial charge in [0.05, 0.1) is 5.52 Å². The molecular weight excluding hydrogens is 252 g/mol.